The Morgan fingerprint density at radius 1 is 0.632 bits per heavy atom. The van der Waals surface area contributed by atoms with E-state index >= 15 is 0 Å². The fourth-order valence-electron chi connectivity index (χ4n) is 0.694. The van der Waals surface area contributed by atoms with Crippen molar-refractivity contribution in [2.75, 3.05) is 11.5 Å². The number of nitrogens with two attached hydrogens (primary N) is 2. The van der Waals surface area contributed by atoms with Crippen LogP contribution in [-0.4, -0.2) is 0 Å². The van der Waals surface area contributed by atoms with Crippen LogP contribution in [0.3, 0.4) is 0 Å². The third-order valence-corrected chi connectivity index (χ3v) is 1.24. The van der Waals surface area contributed by atoms with Gasteiger partial charge in [-0.1, -0.05) is 6.07 Å². The van der Waals surface area contributed by atoms with Crippen molar-refractivity contribution in [3.8, 4) is 0 Å². The Morgan fingerprint density at radius 2 is 0.947 bits per heavy atom. The third-order valence-electron chi connectivity index (χ3n) is 1.24. The Labute approximate surface area is 344 Å². The molecule has 11 heteroatoms. The number of hydrogen-bond donors (Lipinski definition) is 2. The van der Waals surface area contributed by atoms with Crippen molar-refractivity contribution >= 4 is 11.4 Å². The fraction of sp³-hybridized carbons (Fsp3) is 0.125. The van der Waals surface area contributed by atoms with Gasteiger partial charge in [-0.25, -0.2) is 0 Å². The van der Waals surface area contributed by atoms with E-state index in [0.717, 1.165) is 5.56 Å². The van der Waals surface area contributed by atoms with E-state index in [-0.39, 0.29) is 302 Å². The Balaban J connectivity index is -0.0000000101. The predicted octanol–water partition coefficient (Wildman–Crippen LogP) is 1.59. The molecule has 1 rings (SSSR count). The largest absolute Gasteiger partial charge is 0.397 e. The standard InChI is InChI=1S/C7H10N2.CH3.9Y/c1-5-2-3-6(8)7(9)4-5;;;;;;;;;;/h2-4H,8-9H2,1H3;1H3;;;;;;;;;/q;-1;;;;;;;;;. The number of hydrogen-bond acceptors (Lipinski definition) is 2. The van der Waals surface area contributed by atoms with Crippen molar-refractivity contribution in [3.63, 3.8) is 0 Å². The first kappa shape index (κ1) is 63.0. The second-order valence-corrected chi connectivity index (χ2v) is 2.13. The zero-order chi connectivity index (χ0) is 6.85. The topological polar surface area (TPSA) is 52.0 Å². The van der Waals surface area contributed by atoms with Crippen LogP contribution in [0, 0.1) is 14.4 Å². The van der Waals surface area contributed by atoms with Gasteiger partial charge in [-0.05, 0) is 24.6 Å². The molecule has 0 aromatic heterocycles. The molecule has 0 saturated heterocycles. The van der Waals surface area contributed by atoms with Gasteiger partial charge in [0.25, 0.3) is 0 Å². The molecule has 0 aliphatic rings. The summed E-state index contributed by atoms with van der Waals surface area (Å²) in [4.78, 5) is 0. The van der Waals surface area contributed by atoms with Crippen LogP contribution in [0.15, 0.2) is 18.2 Å². The molecule has 9 radical (unpaired) electrons. The summed E-state index contributed by atoms with van der Waals surface area (Å²) in [6, 6.07) is 5.60. The van der Waals surface area contributed by atoms with Gasteiger partial charge in [-0.2, -0.15) is 0 Å². The SMILES string of the molecule is Cc1ccc(N)c(N)c1.[CH3-].[Y].[Y].[Y].[Y].[Y].[Y].[Y].[Y].[Y]. The van der Waals surface area contributed by atoms with E-state index in [9.17, 15) is 0 Å². The average molecular weight is 937 g/mol. The molecule has 83 valence electrons. The Hall–Kier alpha value is 8.76. The molecule has 2 nitrogen and oxygen atoms in total. The molecule has 0 saturated carbocycles. The molecular weight excluding hydrogens is 924 g/mol. The first-order valence-electron chi connectivity index (χ1n) is 2.82. The van der Waals surface area contributed by atoms with Gasteiger partial charge in [0.05, 0.1) is 11.4 Å². The van der Waals surface area contributed by atoms with E-state index in [1.807, 2.05) is 25.1 Å². The number of rotatable bonds is 0. The van der Waals surface area contributed by atoms with E-state index in [2.05, 4.69) is 0 Å². The van der Waals surface area contributed by atoms with E-state index in [4.69, 9.17) is 11.5 Å². The molecule has 1 aromatic rings. The molecule has 4 N–H and O–H groups in total. The third kappa shape index (κ3) is 34.6. The average Bonchev–Trinajstić information content (AvgIpc) is 1.80. The summed E-state index contributed by atoms with van der Waals surface area (Å²) in [7, 11) is 0. The first-order chi connectivity index (χ1) is 4.20. The number of benzene rings is 1. The minimum atomic E-state index is 0. The molecule has 0 aliphatic heterocycles. The summed E-state index contributed by atoms with van der Waals surface area (Å²) in [6.07, 6.45) is 0. The van der Waals surface area contributed by atoms with E-state index in [1.54, 1.807) is 0 Å². The molecule has 0 amide bonds. The minimum absolute atomic E-state index is 0. The Kier molecular flexibility index (Phi) is 137. The monoisotopic (exact) mass is 937 g/mol. The van der Waals surface area contributed by atoms with Crippen LogP contribution in [0.25, 0.3) is 0 Å². The van der Waals surface area contributed by atoms with Gasteiger partial charge in [-0.15, -0.1) is 0 Å². The van der Waals surface area contributed by atoms with Crippen LogP contribution >= 0.6 is 0 Å². The van der Waals surface area contributed by atoms with Crippen molar-refractivity contribution in [1.29, 1.82) is 0 Å². The van der Waals surface area contributed by atoms with Crippen LogP contribution in [0.2, 0.25) is 0 Å². The molecule has 0 heterocycles. The molecule has 19 heavy (non-hydrogen) atoms. The fourth-order valence-corrected chi connectivity index (χ4v) is 0.694. The van der Waals surface area contributed by atoms with Crippen molar-refractivity contribution < 1.29 is 294 Å². The molecule has 1 aromatic carbocycles. The van der Waals surface area contributed by atoms with Crippen LogP contribution in [0.4, 0.5) is 11.4 Å². The molecule has 0 bridgehead atoms. The van der Waals surface area contributed by atoms with Crippen LogP contribution in [0.1, 0.15) is 5.56 Å². The Bertz CT molecular complexity index is 237. The van der Waals surface area contributed by atoms with Gasteiger partial charge in [-0.3, -0.25) is 0 Å². The van der Waals surface area contributed by atoms with Gasteiger partial charge in [0.2, 0.25) is 0 Å². The zero-order valence-corrected chi connectivity index (χ0v) is 37.1. The van der Waals surface area contributed by atoms with Crippen molar-refractivity contribution in [2.24, 2.45) is 0 Å². The number of nitrogen functional groups attached to an aromatic ring is 2. The predicted molar refractivity (Wildman–Crippen MR) is 46.4 cm³/mol. The van der Waals surface area contributed by atoms with Crippen LogP contribution in [-0.2, 0) is 294 Å². The summed E-state index contributed by atoms with van der Waals surface area (Å²) in [5, 5.41) is 0. The van der Waals surface area contributed by atoms with Crippen molar-refractivity contribution in [3.05, 3.63) is 31.2 Å². The van der Waals surface area contributed by atoms with Gasteiger partial charge in [0.15, 0.2) is 0 Å². The molecule has 0 fully saturated rings. The molecule has 0 unspecified atom stereocenters. The summed E-state index contributed by atoms with van der Waals surface area (Å²) >= 11 is 0. The maximum atomic E-state index is 5.50. The zero-order valence-electron chi connectivity index (χ0n) is 11.6. The second kappa shape index (κ2) is 41.2. The van der Waals surface area contributed by atoms with Crippen LogP contribution in [0.5, 0.6) is 0 Å². The summed E-state index contributed by atoms with van der Waals surface area (Å²) in [5.41, 5.74) is 13.4. The quantitative estimate of drug-likeness (QED) is 0.308. The molecule has 0 atom stereocenters. The Morgan fingerprint density at radius 3 is 1.16 bits per heavy atom. The smallest absolute Gasteiger partial charge is 0.0550 e. The summed E-state index contributed by atoms with van der Waals surface area (Å²) < 4.78 is 0. The summed E-state index contributed by atoms with van der Waals surface area (Å²) in [6.45, 7) is 1.98. The number of anilines is 2. The van der Waals surface area contributed by atoms with E-state index in [0.29, 0.717) is 11.4 Å². The molecule has 0 spiro atoms. The maximum Gasteiger partial charge on any atom is 0.0550 e. The maximum absolute atomic E-state index is 5.50. The minimum Gasteiger partial charge on any atom is -0.397 e. The normalized spacial score (nSPS) is 4.47. The summed E-state index contributed by atoms with van der Waals surface area (Å²) in [5.74, 6) is 0. The van der Waals surface area contributed by atoms with Gasteiger partial charge in [0, 0.05) is 294 Å². The molecular formula is C8H13N2Y9-. The number of aryl methyl sites for hydroxylation is 1. The molecule has 0 aliphatic carbocycles. The van der Waals surface area contributed by atoms with E-state index < -0.39 is 0 Å². The second-order valence-electron chi connectivity index (χ2n) is 2.13. The van der Waals surface area contributed by atoms with Gasteiger partial charge < -0.3 is 18.9 Å². The van der Waals surface area contributed by atoms with E-state index in [1.165, 1.54) is 0 Å². The first-order valence-corrected chi connectivity index (χ1v) is 2.82. The van der Waals surface area contributed by atoms with Crippen LogP contribution < -0.4 is 11.5 Å². The van der Waals surface area contributed by atoms with Gasteiger partial charge >= 0.3 is 0 Å². The van der Waals surface area contributed by atoms with Crippen molar-refractivity contribution in [2.45, 2.75) is 6.92 Å². The van der Waals surface area contributed by atoms with Gasteiger partial charge in [0.1, 0.15) is 0 Å². The van der Waals surface area contributed by atoms with Crippen molar-refractivity contribution in [1.82, 2.24) is 0 Å².